The SMILES string of the molecule is C=C(CNC(C)C)CN(C)C(C)c1ccccc1F. The molecule has 0 heterocycles. The average molecular weight is 264 g/mol. The third-order valence-electron chi connectivity index (χ3n) is 3.25. The topological polar surface area (TPSA) is 15.3 Å². The predicted molar refractivity (Wildman–Crippen MR) is 79.7 cm³/mol. The van der Waals surface area contributed by atoms with Crippen molar-refractivity contribution in [3.05, 3.63) is 47.8 Å². The molecule has 1 N–H and O–H groups in total. The molecule has 0 saturated carbocycles. The van der Waals surface area contributed by atoms with E-state index in [4.69, 9.17) is 0 Å². The zero-order valence-electron chi connectivity index (χ0n) is 12.4. The fourth-order valence-electron chi connectivity index (χ4n) is 1.95. The Hall–Kier alpha value is -1.19. The Bertz CT molecular complexity index is 415. The van der Waals surface area contributed by atoms with E-state index < -0.39 is 0 Å². The predicted octanol–water partition coefficient (Wildman–Crippen LogP) is 3.37. The van der Waals surface area contributed by atoms with E-state index in [-0.39, 0.29) is 11.9 Å². The fourth-order valence-corrected chi connectivity index (χ4v) is 1.95. The summed E-state index contributed by atoms with van der Waals surface area (Å²) in [7, 11) is 2.00. The molecule has 0 aliphatic heterocycles. The van der Waals surface area contributed by atoms with Gasteiger partial charge in [-0.25, -0.2) is 4.39 Å². The van der Waals surface area contributed by atoms with Gasteiger partial charge >= 0.3 is 0 Å². The van der Waals surface area contributed by atoms with Crippen LogP contribution in [0.15, 0.2) is 36.4 Å². The van der Waals surface area contributed by atoms with Gasteiger partial charge in [-0.3, -0.25) is 4.90 Å². The first-order valence-electron chi connectivity index (χ1n) is 6.76. The van der Waals surface area contributed by atoms with Gasteiger partial charge in [-0.15, -0.1) is 0 Å². The van der Waals surface area contributed by atoms with E-state index in [1.165, 1.54) is 6.07 Å². The molecule has 1 rings (SSSR count). The van der Waals surface area contributed by atoms with Crippen molar-refractivity contribution < 1.29 is 4.39 Å². The molecule has 0 aliphatic rings. The molecule has 0 aliphatic carbocycles. The van der Waals surface area contributed by atoms with Gasteiger partial charge in [0.05, 0.1) is 0 Å². The van der Waals surface area contributed by atoms with Crippen molar-refractivity contribution in [2.45, 2.75) is 32.9 Å². The van der Waals surface area contributed by atoms with Crippen molar-refractivity contribution in [1.29, 1.82) is 0 Å². The largest absolute Gasteiger partial charge is 0.311 e. The van der Waals surface area contributed by atoms with Crippen LogP contribution in [0.1, 0.15) is 32.4 Å². The first-order valence-corrected chi connectivity index (χ1v) is 6.76. The molecule has 0 amide bonds. The number of rotatable bonds is 7. The summed E-state index contributed by atoms with van der Waals surface area (Å²) in [5, 5.41) is 3.34. The molecule has 0 bridgehead atoms. The fraction of sp³-hybridized carbons (Fsp3) is 0.500. The van der Waals surface area contributed by atoms with Crippen molar-refractivity contribution in [2.24, 2.45) is 0 Å². The molecule has 19 heavy (non-hydrogen) atoms. The summed E-state index contributed by atoms with van der Waals surface area (Å²) >= 11 is 0. The van der Waals surface area contributed by atoms with Gasteiger partial charge in [0.2, 0.25) is 0 Å². The van der Waals surface area contributed by atoms with E-state index in [9.17, 15) is 4.39 Å². The smallest absolute Gasteiger partial charge is 0.127 e. The molecule has 3 heteroatoms. The van der Waals surface area contributed by atoms with Crippen LogP contribution in [-0.4, -0.2) is 31.1 Å². The Kier molecular flexibility index (Phi) is 6.19. The van der Waals surface area contributed by atoms with Gasteiger partial charge in [0.15, 0.2) is 0 Å². The summed E-state index contributed by atoms with van der Waals surface area (Å²) in [6.45, 7) is 11.9. The average Bonchev–Trinajstić information content (AvgIpc) is 2.36. The summed E-state index contributed by atoms with van der Waals surface area (Å²) in [4.78, 5) is 2.11. The lowest BCUT2D eigenvalue weighted by atomic mass is 10.1. The van der Waals surface area contributed by atoms with Crippen LogP contribution in [0.3, 0.4) is 0 Å². The minimum absolute atomic E-state index is 0.0389. The minimum Gasteiger partial charge on any atom is -0.311 e. The second-order valence-electron chi connectivity index (χ2n) is 5.40. The van der Waals surface area contributed by atoms with E-state index in [2.05, 4.69) is 30.6 Å². The van der Waals surface area contributed by atoms with Gasteiger partial charge in [-0.05, 0) is 25.6 Å². The maximum absolute atomic E-state index is 13.7. The van der Waals surface area contributed by atoms with Gasteiger partial charge in [0.1, 0.15) is 5.82 Å². The number of halogens is 1. The van der Waals surface area contributed by atoms with Gasteiger partial charge in [-0.2, -0.15) is 0 Å². The van der Waals surface area contributed by atoms with Crippen LogP contribution < -0.4 is 5.32 Å². The van der Waals surface area contributed by atoms with E-state index >= 15 is 0 Å². The Morgan fingerprint density at radius 1 is 1.32 bits per heavy atom. The summed E-state index contributed by atoms with van der Waals surface area (Å²) in [5.41, 5.74) is 1.84. The third kappa shape index (κ3) is 5.13. The minimum atomic E-state index is -0.146. The number of benzene rings is 1. The number of likely N-dealkylation sites (N-methyl/N-ethyl adjacent to an activating group) is 1. The molecule has 0 fully saturated rings. The lowest BCUT2D eigenvalue weighted by Crippen LogP contribution is -2.31. The monoisotopic (exact) mass is 264 g/mol. The quantitative estimate of drug-likeness (QED) is 0.760. The van der Waals surface area contributed by atoms with E-state index in [0.717, 1.165) is 24.2 Å². The third-order valence-corrected chi connectivity index (χ3v) is 3.25. The Morgan fingerprint density at radius 3 is 2.53 bits per heavy atom. The number of nitrogens with one attached hydrogen (secondary N) is 1. The zero-order chi connectivity index (χ0) is 14.4. The van der Waals surface area contributed by atoms with Crippen LogP contribution in [0.25, 0.3) is 0 Å². The summed E-state index contributed by atoms with van der Waals surface area (Å²) in [6, 6.07) is 7.43. The van der Waals surface area contributed by atoms with Gasteiger partial charge in [0.25, 0.3) is 0 Å². The van der Waals surface area contributed by atoms with Gasteiger partial charge < -0.3 is 5.32 Å². The molecule has 0 saturated heterocycles. The first kappa shape index (κ1) is 15.9. The van der Waals surface area contributed by atoms with Crippen LogP contribution in [0.2, 0.25) is 0 Å². The summed E-state index contributed by atoms with van der Waals surface area (Å²) in [5.74, 6) is -0.146. The summed E-state index contributed by atoms with van der Waals surface area (Å²) < 4.78 is 13.7. The van der Waals surface area contributed by atoms with E-state index in [1.807, 2.05) is 26.1 Å². The highest BCUT2D eigenvalue weighted by Gasteiger charge is 2.15. The molecule has 1 unspecified atom stereocenters. The molecule has 1 atom stereocenters. The van der Waals surface area contributed by atoms with Crippen molar-refractivity contribution in [2.75, 3.05) is 20.1 Å². The van der Waals surface area contributed by atoms with Crippen LogP contribution in [-0.2, 0) is 0 Å². The number of nitrogens with zero attached hydrogens (tertiary/aromatic N) is 1. The normalized spacial score (nSPS) is 13.0. The maximum Gasteiger partial charge on any atom is 0.127 e. The number of hydrogen-bond acceptors (Lipinski definition) is 2. The second-order valence-corrected chi connectivity index (χ2v) is 5.40. The Labute approximate surface area is 116 Å². The Balaban J connectivity index is 2.56. The van der Waals surface area contributed by atoms with E-state index in [0.29, 0.717) is 6.04 Å². The van der Waals surface area contributed by atoms with E-state index in [1.54, 1.807) is 6.07 Å². The van der Waals surface area contributed by atoms with Crippen molar-refractivity contribution >= 4 is 0 Å². The zero-order valence-corrected chi connectivity index (χ0v) is 12.4. The molecule has 1 aromatic rings. The molecule has 1 aromatic carbocycles. The molecular formula is C16H25FN2. The number of hydrogen-bond donors (Lipinski definition) is 1. The van der Waals surface area contributed by atoms with Gasteiger partial charge in [0, 0.05) is 30.7 Å². The highest BCUT2D eigenvalue weighted by Crippen LogP contribution is 2.21. The summed E-state index contributed by atoms with van der Waals surface area (Å²) in [6.07, 6.45) is 0. The van der Waals surface area contributed by atoms with Crippen molar-refractivity contribution in [3.8, 4) is 0 Å². The molecule has 2 nitrogen and oxygen atoms in total. The molecular weight excluding hydrogens is 239 g/mol. The lowest BCUT2D eigenvalue weighted by Gasteiger charge is -2.26. The van der Waals surface area contributed by atoms with Crippen molar-refractivity contribution in [1.82, 2.24) is 10.2 Å². The Morgan fingerprint density at radius 2 is 1.95 bits per heavy atom. The van der Waals surface area contributed by atoms with Crippen molar-refractivity contribution in [3.63, 3.8) is 0 Å². The first-order chi connectivity index (χ1) is 8.91. The second kappa shape index (κ2) is 7.41. The van der Waals surface area contributed by atoms with Crippen LogP contribution in [0, 0.1) is 5.82 Å². The lowest BCUT2D eigenvalue weighted by molar-refractivity contribution is 0.275. The van der Waals surface area contributed by atoms with Crippen LogP contribution in [0.5, 0.6) is 0 Å². The van der Waals surface area contributed by atoms with Crippen LogP contribution in [0.4, 0.5) is 4.39 Å². The molecule has 0 radical (unpaired) electrons. The van der Waals surface area contributed by atoms with Crippen LogP contribution >= 0.6 is 0 Å². The standard InChI is InChI=1S/C16H25FN2/c1-12(2)18-10-13(3)11-19(5)14(4)15-8-6-7-9-16(15)17/h6-9,12,14,18H,3,10-11H2,1-2,4-5H3. The highest BCUT2D eigenvalue weighted by molar-refractivity contribution is 5.21. The maximum atomic E-state index is 13.7. The molecule has 106 valence electrons. The highest BCUT2D eigenvalue weighted by atomic mass is 19.1. The van der Waals surface area contributed by atoms with Gasteiger partial charge in [-0.1, -0.05) is 38.6 Å². The molecule has 0 aromatic heterocycles. The molecule has 0 spiro atoms.